The molecule has 18 heavy (non-hydrogen) atoms. The Labute approximate surface area is 117 Å². The van der Waals surface area contributed by atoms with Crippen LogP contribution in [0.15, 0.2) is 22.7 Å². The van der Waals surface area contributed by atoms with Crippen molar-refractivity contribution in [2.24, 2.45) is 5.73 Å². The average molecular weight is 313 g/mol. The second-order valence-electron chi connectivity index (χ2n) is 4.95. The molecule has 0 spiro atoms. The molecule has 1 heterocycles. The number of piperidine rings is 1. The summed E-state index contributed by atoms with van der Waals surface area (Å²) < 4.78 is 6.59. The van der Waals surface area contributed by atoms with Crippen LogP contribution >= 0.6 is 15.9 Å². The van der Waals surface area contributed by atoms with Gasteiger partial charge in [0.05, 0.1) is 11.8 Å². The van der Waals surface area contributed by atoms with E-state index in [1.165, 1.54) is 12.1 Å². The lowest BCUT2D eigenvalue weighted by atomic mass is 10.1. The lowest BCUT2D eigenvalue weighted by Gasteiger charge is -2.34. The molecule has 100 valence electrons. The number of halogens is 1. The van der Waals surface area contributed by atoms with Crippen molar-refractivity contribution >= 4 is 21.6 Å². The lowest BCUT2D eigenvalue weighted by Crippen LogP contribution is -2.39. The van der Waals surface area contributed by atoms with Crippen LogP contribution in [0.1, 0.15) is 31.4 Å². The predicted molar refractivity (Wildman–Crippen MR) is 79.0 cm³/mol. The molecule has 0 aromatic heterocycles. The van der Waals surface area contributed by atoms with Gasteiger partial charge in [-0.05, 0) is 53.4 Å². The standard InChI is InChI=1S/C14H21BrN2O/c1-10(16)11-5-6-14(13(15)8-11)17-7-3-4-12(9-17)18-2/h5-6,8,10,12H,3-4,7,9,16H2,1-2H3/t10-,12?/m0/s1. The van der Waals surface area contributed by atoms with Gasteiger partial charge < -0.3 is 15.4 Å². The minimum atomic E-state index is 0.0726. The molecule has 2 rings (SSSR count). The van der Waals surface area contributed by atoms with Crippen LogP contribution < -0.4 is 10.6 Å². The maximum absolute atomic E-state index is 5.90. The summed E-state index contributed by atoms with van der Waals surface area (Å²) >= 11 is 3.65. The van der Waals surface area contributed by atoms with Gasteiger partial charge >= 0.3 is 0 Å². The van der Waals surface area contributed by atoms with E-state index in [1.54, 1.807) is 7.11 Å². The van der Waals surface area contributed by atoms with Crippen molar-refractivity contribution in [1.29, 1.82) is 0 Å². The van der Waals surface area contributed by atoms with Gasteiger partial charge in [0, 0.05) is 30.7 Å². The SMILES string of the molecule is COC1CCCN(c2ccc([C@H](C)N)cc2Br)C1. The van der Waals surface area contributed by atoms with E-state index in [0.29, 0.717) is 6.10 Å². The van der Waals surface area contributed by atoms with Crippen LogP contribution in [-0.4, -0.2) is 26.3 Å². The molecule has 1 fully saturated rings. The molecule has 1 aromatic rings. The van der Waals surface area contributed by atoms with Crippen LogP contribution in [-0.2, 0) is 4.74 Å². The minimum Gasteiger partial charge on any atom is -0.380 e. The third kappa shape index (κ3) is 3.05. The molecule has 1 aliphatic heterocycles. The van der Waals surface area contributed by atoms with Crippen LogP contribution in [0.3, 0.4) is 0 Å². The normalized spacial score (nSPS) is 22.0. The smallest absolute Gasteiger partial charge is 0.0746 e. The Morgan fingerprint density at radius 1 is 1.50 bits per heavy atom. The third-order valence-electron chi connectivity index (χ3n) is 3.55. The molecule has 0 bridgehead atoms. The quantitative estimate of drug-likeness (QED) is 0.932. The maximum Gasteiger partial charge on any atom is 0.0746 e. The highest BCUT2D eigenvalue weighted by molar-refractivity contribution is 9.10. The van der Waals surface area contributed by atoms with Crippen LogP contribution in [0.2, 0.25) is 0 Å². The highest BCUT2D eigenvalue weighted by atomic mass is 79.9. The Morgan fingerprint density at radius 3 is 2.89 bits per heavy atom. The van der Waals surface area contributed by atoms with Crippen LogP contribution in [0.25, 0.3) is 0 Å². The molecule has 0 radical (unpaired) electrons. The van der Waals surface area contributed by atoms with Crippen molar-refractivity contribution in [2.75, 3.05) is 25.1 Å². The number of hydrogen-bond acceptors (Lipinski definition) is 3. The van der Waals surface area contributed by atoms with Gasteiger partial charge in [-0.15, -0.1) is 0 Å². The van der Waals surface area contributed by atoms with Crippen LogP contribution in [0.4, 0.5) is 5.69 Å². The number of rotatable bonds is 3. The number of nitrogens with zero attached hydrogens (tertiary/aromatic N) is 1. The van der Waals surface area contributed by atoms with E-state index in [4.69, 9.17) is 10.5 Å². The van der Waals surface area contributed by atoms with Gasteiger partial charge in [0.25, 0.3) is 0 Å². The molecular weight excluding hydrogens is 292 g/mol. The van der Waals surface area contributed by atoms with Crippen molar-refractivity contribution < 1.29 is 4.74 Å². The molecule has 0 saturated carbocycles. The van der Waals surface area contributed by atoms with Gasteiger partial charge in [0.15, 0.2) is 0 Å². The highest BCUT2D eigenvalue weighted by Crippen LogP contribution is 2.31. The first kappa shape index (κ1) is 13.8. The summed E-state index contributed by atoms with van der Waals surface area (Å²) in [6.07, 6.45) is 2.68. The van der Waals surface area contributed by atoms with Gasteiger partial charge in [-0.3, -0.25) is 0 Å². The summed E-state index contributed by atoms with van der Waals surface area (Å²) in [6, 6.07) is 6.46. The highest BCUT2D eigenvalue weighted by Gasteiger charge is 2.21. The molecule has 0 amide bonds. The number of methoxy groups -OCH3 is 1. The first-order chi connectivity index (χ1) is 8.61. The molecule has 1 unspecified atom stereocenters. The Kier molecular flexibility index (Phi) is 4.65. The van der Waals surface area contributed by atoms with Crippen molar-refractivity contribution in [1.82, 2.24) is 0 Å². The fourth-order valence-corrected chi connectivity index (χ4v) is 3.06. The molecule has 3 nitrogen and oxygen atoms in total. The minimum absolute atomic E-state index is 0.0726. The van der Waals surface area contributed by atoms with Crippen LogP contribution in [0.5, 0.6) is 0 Å². The monoisotopic (exact) mass is 312 g/mol. The van der Waals surface area contributed by atoms with Gasteiger partial charge in [-0.25, -0.2) is 0 Å². The molecule has 1 saturated heterocycles. The van der Waals surface area contributed by atoms with E-state index in [0.717, 1.165) is 29.5 Å². The van der Waals surface area contributed by atoms with Crippen molar-refractivity contribution in [3.05, 3.63) is 28.2 Å². The topological polar surface area (TPSA) is 38.5 Å². The van der Waals surface area contributed by atoms with E-state index in [2.05, 4.69) is 39.0 Å². The molecule has 4 heteroatoms. The zero-order chi connectivity index (χ0) is 13.1. The third-order valence-corrected chi connectivity index (χ3v) is 4.18. The van der Waals surface area contributed by atoms with E-state index in [-0.39, 0.29) is 6.04 Å². The Bertz CT molecular complexity index is 409. The van der Waals surface area contributed by atoms with Gasteiger partial charge in [-0.2, -0.15) is 0 Å². The fraction of sp³-hybridized carbons (Fsp3) is 0.571. The Hall–Kier alpha value is -0.580. The number of anilines is 1. The predicted octanol–water partition coefficient (Wildman–Crippen LogP) is 3.08. The van der Waals surface area contributed by atoms with Gasteiger partial charge in [0.1, 0.15) is 0 Å². The number of benzene rings is 1. The summed E-state index contributed by atoms with van der Waals surface area (Å²) in [6.45, 7) is 4.06. The molecule has 1 aliphatic rings. The first-order valence-corrected chi connectivity index (χ1v) is 7.24. The summed E-state index contributed by atoms with van der Waals surface area (Å²) in [5.74, 6) is 0. The van der Waals surface area contributed by atoms with E-state index >= 15 is 0 Å². The second kappa shape index (κ2) is 6.04. The maximum atomic E-state index is 5.90. The molecule has 2 N–H and O–H groups in total. The first-order valence-electron chi connectivity index (χ1n) is 6.44. The molecule has 0 aliphatic carbocycles. The Balaban J connectivity index is 2.17. The van der Waals surface area contributed by atoms with Crippen LogP contribution in [0, 0.1) is 0 Å². The largest absolute Gasteiger partial charge is 0.380 e. The van der Waals surface area contributed by atoms with Crippen molar-refractivity contribution in [3.63, 3.8) is 0 Å². The number of hydrogen-bond donors (Lipinski definition) is 1. The van der Waals surface area contributed by atoms with Gasteiger partial charge in [0.2, 0.25) is 0 Å². The average Bonchev–Trinajstić information content (AvgIpc) is 2.38. The van der Waals surface area contributed by atoms with E-state index < -0.39 is 0 Å². The second-order valence-corrected chi connectivity index (χ2v) is 5.80. The molecular formula is C14H21BrN2O. The molecule has 1 aromatic carbocycles. The Morgan fingerprint density at radius 2 is 2.28 bits per heavy atom. The van der Waals surface area contributed by atoms with E-state index in [9.17, 15) is 0 Å². The molecule has 2 atom stereocenters. The van der Waals surface area contributed by atoms with Crippen molar-refractivity contribution in [3.8, 4) is 0 Å². The number of nitrogens with two attached hydrogens (primary N) is 1. The van der Waals surface area contributed by atoms with E-state index in [1.807, 2.05) is 6.92 Å². The zero-order valence-electron chi connectivity index (χ0n) is 11.0. The summed E-state index contributed by atoms with van der Waals surface area (Å²) in [7, 11) is 1.79. The summed E-state index contributed by atoms with van der Waals surface area (Å²) in [4.78, 5) is 2.38. The fourth-order valence-electron chi connectivity index (χ4n) is 2.41. The zero-order valence-corrected chi connectivity index (χ0v) is 12.6. The summed E-state index contributed by atoms with van der Waals surface area (Å²) in [5, 5.41) is 0. The van der Waals surface area contributed by atoms with Crippen molar-refractivity contribution in [2.45, 2.75) is 31.9 Å². The number of ether oxygens (including phenoxy) is 1. The summed E-state index contributed by atoms with van der Waals surface area (Å²) in [5.41, 5.74) is 8.30. The van der Waals surface area contributed by atoms with Gasteiger partial charge in [-0.1, -0.05) is 6.07 Å². The lowest BCUT2D eigenvalue weighted by molar-refractivity contribution is 0.0893.